The van der Waals surface area contributed by atoms with E-state index in [1.54, 1.807) is 12.4 Å². The van der Waals surface area contributed by atoms with E-state index in [-0.39, 0.29) is 5.91 Å². The first-order valence-electron chi connectivity index (χ1n) is 7.92. The fourth-order valence-electron chi connectivity index (χ4n) is 3.11. The van der Waals surface area contributed by atoms with Crippen molar-refractivity contribution in [3.63, 3.8) is 0 Å². The highest BCUT2D eigenvalue weighted by molar-refractivity contribution is 6.07. The van der Waals surface area contributed by atoms with Gasteiger partial charge in [0.25, 0.3) is 5.91 Å². The average Bonchev–Trinajstić information content (AvgIpc) is 3.15. The third kappa shape index (κ3) is 2.57. The summed E-state index contributed by atoms with van der Waals surface area (Å²) in [6, 6.07) is 13.6. The van der Waals surface area contributed by atoms with Crippen molar-refractivity contribution in [3.8, 4) is 11.3 Å². The second-order valence-corrected chi connectivity index (χ2v) is 5.81. The first-order chi connectivity index (χ1) is 11.3. The molecule has 2 aromatic heterocycles. The maximum Gasteiger partial charge on any atom is 0.254 e. The number of pyridine rings is 2. The van der Waals surface area contributed by atoms with Crippen LogP contribution < -0.4 is 0 Å². The van der Waals surface area contributed by atoms with Gasteiger partial charge in [0, 0.05) is 36.4 Å². The van der Waals surface area contributed by atoms with Gasteiger partial charge in [-0.05, 0) is 37.1 Å². The number of amides is 1. The number of carbonyl (C=O) groups is 1. The summed E-state index contributed by atoms with van der Waals surface area (Å²) in [4.78, 5) is 23.6. The van der Waals surface area contributed by atoms with Crippen LogP contribution in [-0.2, 0) is 0 Å². The van der Waals surface area contributed by atoms with Crippen LogP contribution in [0.3, 0.4) is 0 Å². The number of likely N-dealkylation sites (tertiary alicyclic amines) is 1. The molecule has 0 radical (unpaired) electrons. The SMILES string of the molecule is O=C(c1cc(-c2ccncc2)nc2ccccc12)N1CCCC1. The lowest BCUT2D eigenvalue weighted by atomic mass is 10.0. The van der Waals surface area contributed by atoms with Gasteiger partial charge in [-0.3, -0.25) is 9.78 Å². The number of fused-ring (bicyclic) bond motifs is 1. The third-order valence-corrected chi connectivity index (χ3v) is 4.32. The molecule has 1 fully saturated rings. The Balaban J connectivity index is 1.89. The minimum absolute atomic E-state index is 0.108. The molecule has 1 aliphatic heterocycles. The lowest BCUT2D eigenvalue weighted by Crippen LogP contribution is -2.27. The summed E-state index contributed by atoms with van der Waals surface area (Å²) in [5, 5.41) is 0.919. The van der Waals surface area contributed by atoms with E-state index in [1.165, 1.54) is 0 Å². The first-order valence-corrected chi connectivity index (χ1v) is 7.92. The average molecular weight is 303 g/mol. The molecule has 4 rings (SSSR count). The van der Waals surface area contributed by atoms with Crippen molar-refractivity contribution in [2.45, 2.75) is 12.8 Å². The largest absolute Gasteiger partial charge is 0.339 e. The van der Waals surface area contributed by atoms with Gasteiger partial charge in [-0.1, -0.05) is 18.2 Å². The van der Waals surface area contributed by atoms with Crippen molar-refractivity contribution < 1.29 is 4.79 Å². The zero-order valence-corrected chi connectivity index (χ0v) is 12.8. The van der Waals surface area contributed by atoms with Crippen molar-refractivity contribution in [3.05, 3.63) is 60.4 Å². The molecule has 4 nitrogen and oxygen atoms in total. The highest BCUT2D eigenvalue weighted by Gasteiger charge is 2.22. The molecule has 0 saturated carbocycles. The monoisotopic (exact) mass is 303 g/mol. The summed E-state index contributed by atoms with van der Waals surface area (Å²) in [6.07, 6.45) is 5.67. The molecule has 114 valence electrons. The molecule has 0 atom stereocenters. The van der Waals surface area contributed by atoms with Crippen molar-refractivity contribution in [1.82, 2.24) is 14.9 Å². The molecule has 0 N–H and O–H groups in total. The van der Waals surface area contributed by atoms with Crippen molar-refractivity contribution in [1.29, 1.82) is 0 Å². The molecule has 0 spiro atoms. The molecule has 0 aliphatic carbocycles. The van der Waals surface area contributed by atoms with Gasteiger partial charge in [0.05, 0.1) is 16.8 Å². The summed E-state index contributed by atoms with van der Waals surface area (Å²) >= 11 is 0. The lowest BCUT2D eigenvalue weighted by Gasteiger charge is -2.17. The van der Waals surface area contributed by atoms with E-state index < -0.39 is 0 Å². The van der Waals surface area contributed by atoms with Crippen LogP contribution in [-0.4, -0.2) is 33.9 Å². The summed E-state index contributed by atoms with van der Waals surface area (Å²) in [5.41, 5.74) is 3.38. The number of hydrogen-bond donors (Lipinski definition) is 0. The Hall–Kier alpha value is -2.75. The first kappa shape index (κ1) is 13.9. The van der Waals surface area contributed by atoms with Gasteiger partial charge in [0.2, 0.25) is 0 Å². The van der Waals surface area contributed by atoms with E-state index in [0.717, 1.165) is 53.7 Å². The quantitative estimate of drug-likeness (QED) is 0.727. The molecule has 1 aromatic carbocycles. The van der Waals surface area contributed by atoms with Crippen molar-refractivity contribution in [2.24, 2.45) is 0 Å². The molecule has 1 saturated heterocycles. The summed E-state index contributed by atoms with van der Waals surface area (Å²) < 4.78 is 0. The van der Waals surface area contributed by atoms with Crippen LogP contribution in [0.2, 0.25) is 0 Å². The number of nitrogens with zero attached hydrogens (tertiary/aromatic N) is 3. The number of aromatic nitrogens is 2. The van der Waals surface area contributed by atoms with Gasteiger partial charge in [0.15, 0.2) is 0 Å². The van der Waals surface area contributed by atoms with E-state index in [0.29, 0.717) is 0 Å². The topological polar surface area (TPSA) is 46.1 Å². The Morgan fingerprint density at radius 3 is 2.52 bits per heavy atom. The molecule has 0 bridgehead atoms. The zero-order valence-electron chi connectivity index (χ0n) is 12.8. The molecule has 0 unspecified atom stereocenters. The highest BCUT2D eigenvalue weighted by atomic mass is 16.2. The van der Waals surface area contributed by atoms with Gasteiger partial charge in [0.1, 0.15) is 0 Å². The van der Waals surface area contributed by atoms with Crippen LogP contribution in [0.25, 0.3) is 22.2 Å². The summed E-state index contributed by atoms with van der Waals surface area (Å²) in [6.45, 7) is 1.69. The van der Waals surface area contributed by atoms with Crippen molar-refractivity contribution >= 4 is 16.8 Å². The fourth-order valence-corrected chi connectivity index (χ4v) is 3.11. The number of hydrogen-bond acceptors (Lipinski definition) is 3. The zero-order chi connectivity index (χ0) is 15.6. The molecule has 3 aromatic rings. The fraction of sp³-hybridized carbons (Fsp3) is 0.211. The highest BCUT2D eigenvalue weighted by Crippen LogP contribution is 2.26. The summed E-state index contributed by atoms with van der Waals surface area (Å²) in [7, 11) is 0. The maximum atomic E-state index is 12.9. The van der Waals surface area contributed by atoms with Gasteiger partial charge in [-0.2, -0.15) is 0 Å². The molecule has 1 amide bonds. The van der Waals surface area contributed by atoms with E-state index in [9.17, 15) is 4.79 Å². The number of para-hydroxylation sites is 1. The Morgan fingerprint density at radius 1 is 1.00 bits per heavy atom. The molecular formula is C19H17N3O. The van der Waals surface area contributed by atoms with Crippen LogP contribution >= 0.6 is 0 Å². The minimum Gasteiger partial charge on any atom is -0.339 e. The van der Waals surface area contributed by atoms with Crippen LogP contribution in [0.4, 0.5) is 0 Å². The van der Waals surface area contributed by atoms with Gasteiger partial charge in [-0.15, -0.1) is 0 Å². The minimum atomic E-state index is 0.108. The Bertz CT molecular complexity index is 855. The molecule has 3 heterocycles. The Morgan fingerprint density at radius 2 is 1.74 bits per heavy atom. The Kier molecular flexibility index (Phi) is 3.50. The van der Waals surface area contributed by atoms with Gasteiger partial charge >= 0.3 is 0 Å². The third-order valence-electron chi connectivity index (χ3n) is 4.32. The predicted octanol–water partition coefficient (Wildman–Crippen LogP) is 3.53. The van der Waals surface area contributed by atoms with E-state index in [4.69, 9.17) is 4.98 Å². The van der Waals surface area contributed by atoms with Crippen LogP contribution in [0.5, 0.6) is 0 Å². The normalized spacial score (nSPS) is 14.3. The maximum absolute atomic E-state index is 12.9. The Labute approximate surface area is 134 Å². The van der Waals surface area contributed by atoms with Gasteiger partial charge < -0.3 is 4.90 Å². The van der Waals surface area contributed by atoms with E-state index in [1.807, 2.05) is 47.4 Å². The second-order valence-electron chi connectivity index (χ2n) is 5.81. The van der Waals surface area contributed by atoms with Crippen LogP contribution in [0.15, 0.2) is 54.9 Å². The number of rotatable bonds is 2. The summed E-state index contributed by atoms with van der Waals surface area (Å²) in [5.74, 6) is 0.108. The molecular weight excluding hydrogens is 286 g/mol. The predicted molar refractivity (Wildman–Crippen MR) is 90.1 cm³/mol. The van der Waals surface area contributed by atoms with Gasteiger partial charge in [-0.25, -0.2) is 4.98 Å². The smallest absolute Gasteiger partial charge is 0.254 e. The molecule has 4 heteroatoms. The number of carbonyl (C=O) groups excluding carboxylic acids is 1. The molecule has 1 aliphatic rings. The second kappa shape index (κ2) is 5.80. The molecule has 23 heavy (non-hydrogen) atoms. The number of benzene rings is 1. The van der Waals surface area contributed by atoms with Crippen molar-refractivity contribution in [2.75, 3.05) is 13.1 Å². The van der Waals surface area contributed by atoms with E-state index in [2.05, 4.69) is 4.98 Å². The van der Waals surface area contributed by atoms with Crippen LogP contribution in [0, 0.1) is 0 Å². The lowest BCUT2D eigenvalue weighted by molar-refractivity contribution is 0.0794. The standard InChI is InChI=1S/C19H17N3O/c23-19(22-11-3-4-12-22)16-13-18(14-7-9-20-10-8-14)21-17-6-2-1-5-15(16)17/h1-2,5-10,13H,3-4,11-12H2. The van der Waals surface area contributed by atoms with Crippen LogP contribution in [0.1, 0.15) is 23.2 Å². The van der Waals surface area contributed by atoms with E-state index >= 15 is 0 Å².